The first kappa shape index (κ1) is 12.3. The van der Waals surface area contributed by atoms with Crippen LogP contribution in [-0.4, -0.2) is 10.2 Å². The monoisotopic (exact) mass is 269 g/mol. The van der Waals surface area contributed by atoms with Crippen LogP contribution >= 0.6 is 0 Å². The Labute approximate surface area is 115 Å². The molecule has 3 aromatic rings. The maximum absolute atomic E-state index is 12.8. The second kappa shape index (κ2) is 5.52. The zero-order chi connectivity index (χ0) is 13.8. The lowest BCUT2D eigenvalue weighted by molar-refractivity contribution is 0.515. The lowest BCUT2D eigenvalue weighted by atomic mass is 10.2. The third-order valence-electron chi connectivity index (χ3n) is 2.78. The van der Waals surface area contributed by atoms with Crippen molar-refractivity contribution in [1.29, 1.82) is 0 Å². The van der Waals surface area contributed by atoms with Crippen molar-refractivity contribution in [3.63, 3.8) is 0 Å². The molecule has 5 heteroatoms. The molecule has 0 amide bonds. The van der Waals surface area contributed by atoms with Gasteiger partial charge in [-0.25, -0.2) is 4.39 Å². The molecule has 0 aliphatic heterocycles. The van der Waals surface area contributed by atoms with E-state index in [9.17, 15) is 4.39 Å². The smallest absolute Gasteiger partial charge is 0.247 e. The average Bonchev–Trinajstić information content (AvgIpc) is 2.97. The van der Waals surface area contributed by atoms with Crippen molar-refractivity contribution in [3.05, 3.63) is 66.3 Å². The lowest BCUT2D eigenvalue weighted by Crippen LogP contribution is -1.99. The molecule has 0 bridgehead atoms. The molecule has 0 radical (unpaired) electrons. The standard InChI is InChI=1S/C15H12FN3O/c16-12-6-8-13(9-7-12)17-10-14-18-19-15(20-14)11-4-2-1-3-5-11/h1-9,17H,10H2. The molecule has 0 aliphatic carbocycles. The second-order valence-electron chi connectivity index (χ2n) is 4.23. The Bertz CT molecular complexity index is 680. The Balaban J connectivity index is 1.67. The molecule has 0 spiro atoms. The van der Waals surface area contributed by atoms with Crippen LogP contribution in [-0.2, 0) is 6.54 Å². The van der Waals surface area contributed by atoms with E-state index in [4.69, 9.17) is 4.42 Å². The summed E-state index contributed by atoms with van der Waals surface area (Å²) >= 11 is 0. The summed E-state index contributed by atoms with van der Waals surface area (Å²) in [6, 6.07) is 15.7. The van der Waals surface area contributed by atoms with Crippen LogP contribution in [0.1, 0.15) is 5.89 Å². The van der Waals surface area contributed by atoms with Gasteiger partial charge >= 0.3 is 0 Å². The zero-order valence-corrected chi connectivity index (χ0v) is 10.6. The molecule has 4 nitrogen and oxygen atoms in total. The molecular formula is C15H12FN3O. The highest BCUT2D eigenvalue weighted by Gasteiger charge is 2.07. The highest BCUT2D eigenvalue weighted by Crippen LogP contribution is 2.17. The van der Waals surface area contributed by atoms with E-state index in [1.807, 2.05) is 30.3 Å². The van der Waals surface area contributed by atoms with Gasteiger partial charge in [0, 0.05) is 11.3 Å². The van der Waals surface area contributed by atoms with E-state index in [-0.39, 0.29) is 5.82 Å². The zero-order valence-electron chi connectivity index (χ0n) is 10.6. The summed E-state index contributed by atoms with van der Waals surface area (Å²) < 4.78 is 18.3. The molecule has 1 N–H and O–H groups in total. The van der Waals surface area contributed by atoms with Gasteiger partial charge in [0.15, 0.2) is 0 Å². The molecule has 2 aromatic carbocycles. The first-order valence-corrected chi connectivity index (χ1v) is 6.18. The van der Waals surface area contributed by atoms with Gasteiger partial charge in [-0.15, -0.1) is 10.2 Å². The number of nitrogens with zero attached hydrogens (tertiary/aromatic N) is 2. The normalized spacial score (nSPS) is 10.4. The Morgan fingerprint density at radius 3 is 2.45 bits per heavy atom. The van der Waals surface area contributed by atoms with Gasteiger partial charge < -0.3 is 9.73 Å². The summed E-state index contributed by atoms with van der Waals surface area (Å²) in [6.45, 7) is 0.394. The summed E-state index contributed by atoms with van der Waals surface area (Å²) in [5.74, 6) is 0.703. The third-order valence-corrected chi connectivity index (χ3v) is 2.78. The Morgan fingerprint density at radius 2 is 1.70 bits per heavy atom. The van der Waals surface area contributed by atoms with Crippen LogP contribution in [0.4, 0.5) is 10.1 Å². The molecule has 0 fully saturated rings. The van der Waals surface area contributed by atoms with Gasteiger partial charge in [-0.3, -0.25) is 0 Å². The predicted molar refractivity (Wildman–Crippen MR) is 73.5 cm³/mol. The Hall–Kier alpha value is -2.69. The van der Waals surface area contributed by atoms with E-state index >= 15 is 0 Å². The highest BCUT2D eigenvalue weighted by molar-refractivity contribution is 5.51. The quantitative estimate of drug-likeness (QED) is 0.787. The Morgan fingerprint density at radius 1 is 0.950 bits per heavy atom. The van der Waals surface area contributed by atoms with Crippen molar-refractivity contribution in [2.24, 2.45) is 0 Å². The molecule has 0 saturated carbocycles. The summed E-state index contributed by atoms with van der Waals surface area (Å²) in [4.78, 5) is 0. The fraction of sp³-hybridized carbons (Fsp3) is 0.0667. The van der Waals surface area contributed by atoms with E-state index in [0.29, 0.717) is 18.3 Å². The van der Waals surface area contributed by atoms with Crippen LogP contribution in [0.5, 0.6) is 0 Å². The molecule has 0 aliphatic rings. The number of nitrogens with one attached hydrogen (secondary N) is 1. The van der Waals surface area contributed by atoms with Crippen molar-refractivity contribution in [2.75, 3.05) is 5.32 Å². The van der Waals surface area contributed by atoms with Gasteiger partial charge in [-0.05, 0) is 36.4 Å². The van der Waals surface area contributed by atoms with Crippen LogP contribution in [0.2, 0.25) is 0 Å². The van der Waals surface area contributed by atoms with E-state index < -0.39 is 0 Å². The fourth-order valence-electron chi connectivity index (χ4n) is 1.77. The van der Waals surface area contributed by atoms with Crippen molar-refractivity contribution in [2.45, 2.75) is 6.54 Å². The predicted octanol–water partition coefficient (Wildman–Crippen LogP) is 3.49. The van der Waals surface area contributed by atoms with E-state index in [1.54, 1.807) is 12.1 Å². The van der Waals surface area contributed by atoms with E-state index in [1.165, 1.54) is 12.1 Å². The topological polar surface area (TPSA) is 51.0 Å². The molecule has 3 rings (SSSR count). The van der Waals surface area contributed by atoms with Crippen LogP contribution in [0.25, 0.3) is 11.5 Å². The fourth-order valence-corrected chi connectivity index (χ4v) is 1.77. The summed E-state index contributed by atoms with van der Waals surface area (Å²) in [5.41, 5.74) is 1.68. The first-order chi connectivity index (χ1) is 9.81. The Kier molecular flexibility index (Phi) is 3.41. The van der Waals surface area contributed by atoms with Crippen LogP contribution in [0.15, 0.2) is 59.0 Å². The van der Waals surface area contributed by atoms with Gasteiger partial charge in [0.05, 0.1) is 6.54 Å². The van der Waals surface area contributed by atoms with E-state index in [2.05, 4.69) is 15.5 Å². The number of halogens is 1. The van der Waals surface area contributed by atoms with Crippen LogP contribution < -0.4 is 5.32 Å². The molecule has 0 saturated heterocycles. The van der Waals surface area contributed by atoms with Gasteiger partial charge in [0.25, 0.3) is 0 Å². The third kappa shape index (κ3) is 2.83. The van der Waals surface area contributed by atoms with Crippen LogP contribution in [0.3, 0.4) is 0 Å². The number of benzene rings is 2. The van der Waals surface area contributed by atoms with Gasteiger partial charge in [-0.2, -0.15) is 0 Å². The van der Waals surface area contributed by atoms with E-state index in [0.717, 1.165) is 11.3 Å². The minimum absolute atomic E-state index is 0.264. The number of anilines is 1. The summed E-state index contributed by atoms with van der Waals surface area (Å²) in [7, 11) is 0. The molecule has 1 heterocycles. The van der Waals surface area contributed by atoms with Crippen molar-refractivity contribution < 1.29 is 8.81 Å². The molecule has 0 unspecified atom stereocenters. The largest absolute Gasteiger partial charge is 0.419 e. The lowest BCUT2D eigenvalue weighted by Gasteiger charge is -2.02. The van der Waals surface area contributed by atoms with Gasteiger partial charge in [0.2, 0.25) is 11.8 Å². The molecule has 20 heavy (non-hydrogen) atoms. The SMILES string of the molecule is Fc1ccc(NCc2nnc(-c3ccccc3)o2)cc1. The minimum Gasteiger partial charge on any atom is -0.419 e. The van der Waals surface area contributed by atoms with Gasteiger partial charge in [0.1, 0.15) is 5.82 Å². The van der Waals surface area contributed by atoms with Crippen molar-refractivity contribution in [1.82, 2.24) is 10.2 Å². The molecule has 0 atom stereocenters. The summed E-state index contributed by atoms with van der Waals surface area (Å²) in [5, 5.41) is 11.1. The first-order valence-electron chi connectivity index (χ1n) is 6.18. The molecule has 100 valence electrons. The number of hydrogen-bond acceptors (Lipinski definition) is 4. The molecular weight excluding hydrogens is 257 g/mol. The van der Waals surface area contributed by atoms with Crippen molar-refractivity contribution >= 4 is 5.69 Å². The minimum atomic E-state index is -0.264. The highest BCUT2D eigenvalue weighted by atomic mass is 19.1. The number of hydrogen-bond donors (Lipinski definition) is 1. The second-order valence-corrected chi connectivity index (χ2v) is 4.23. The van der Waals surface area contributed by atoms with Gasteiger partial charge in [-0.1, -0.05) is 18.2 Å². The maximum atomic E-state index is 12.8. The van der Waals surface area contributed by atoms with Crippen molar-refractivity contribution in [3.8, 4) is 11.5 Å². The number of rotatable bonds is 4. The number of aromatic nitrogens is 2. The average molecular weight is 269 g/mol. The molecule has 1 aromatic heterocycles. The summed E-state index contributed by atoms with van der Waals surface area (Å²) in [6.07, 6.45) is 0. The maximum Gasteiger partial charge on any atom is 0.247 e. The van der Waals surface area contributed by atoms with Crippen LogP contribution in [0, 0.1) is 5.82 Å².